The van der Waals surface area contributed by atoms with Crippen molar-refractivity contribution in [2.75, 3.05) is 44.4 Å². The molecule has 0 spiro atoms. The molecular weight excluding hydrogens is 236 g/mol. The van der Waals surface area contributed by atoms with E-state index in [1.807, 2.05) is 0 Å². The Hall–Kier alpha value is 0.160. The maximum atomic E-state index is 11.8. The molecule has 0 amide bonds. The van der Waals surface area contributed by atoms with Crippen LogP contribution in [0.25, 0.3) is 0 Å². The van der Waals surface area contributed by atoms with Gasteiger partial charge < -0.3 is 4.90 Å². The average molecular weight is 255 g/mol. The van der Waals surface area contributed by atoms with Crippen LogP contribution < -0.4 is 0 Å². The van der Waals surface area contributed by atoms with Gasteiger partial charge in [-0.3, -0.25) is 0 Å². The minimum absolute atomic E-state index is 0.183. The highest BCUT2D eigenvalue weighted by molar-refractivity contribution is 7.89. The molecule has 15 heavy (non-hydrogen) atoms. The van der Waals surface area contributed by atoms with Gasteiger partial charge in [-0.25, -0.2) is 8.42 Å². The second kappa shape index (κ2) is 6.03. The summed E-state index contributed by atoms with van der Waals surface area (Å²) >= 11 is 5.50. The SMILES string of the molecule is CCN1CCN(S(=O)(=O)CCCCl)CC1. The van der Waals surface area contributed by atoms with E-state index in [0.29, 0.717) is 25.4 Å². The quantitative estimate of drug-likeness (QED) is 0.674. The minimum atomic E-state index is -3.05. The topological polar surface area (TPSA) is 40.6 Å². The van der Waals surface area contributed by atoms with Crippen molar-refractivity contribution in [3.05, 3.63) is 0 Å². The number of alkyl halides is 1. The lowest BCUT2D eigenvalue weighted by Crippen LogP contribution is -2.49. The minimum Gasteiger partial charge on any atom is -0.301 e. The van der Waals surface area contributed by atoms with Crippen molar-refractivity contribution >= 4 is 21.6 Å². The number of piperazine rings is 1. The molecule has 4 nitrogen and oxygen atoms in total. The Balaban J connectivity index is 2.45. The van der Waals surface area contributed by atoms with E-state index < -0.39 is 10.0 Å². The molecule has 1 fully saturated rings. The fraction of sp³-hybridized carbons (Fsp3) is 1.00. The first kappa shape index (κ1) is 13.2. The second-order valence-corrected chi connectivity index (χ2v) is 6.16. The van der Waals surface area contributed by atoms with Gasteiger partial charge in [0.2, 0.25) is 10.0 Å². The van der Waals surface area contributed by atoms with Crippen molar-refractivity contribution in [2.24, 2.45) is 0 Å². The van der Waals surface area contributed by atoms with Crippen LogP contribution in [0.5, 0.6) is 0 Å². The zero-order valence-corrected chi connectivity index (χ0v) is 10.7. The van der Waals surface area contributed by atoms with Crippen LogP contribution in [0.15, 0.2) is 0 Å². The van der Waals surface area contributed by atoms with E-state index in [4.69, 9.17) is 11.6 Å². The summed E-state index contributed by atoms with van der Waals surface area (Å²) in [5.74, 6) is 0.594. The van der Waals surface area contributed by atoms with Crippen molar-refractivity contribution in [3.63, 3.8) is 0 Å². The normalized spacial score (nSPS) is 20.7. The van der Waals surface area contributed by atoms with Crippen LogP contribution >= 0.6 is 11.6 Å². The average Bonchev–Trinajstić information content (AvgIpc) is 2.26. The number of hydrogen-bond acceptors (Lipinski definition) is 3. The number of halogens is 1. The van der Waals surface area contributed by atoms with Gasteiger partial charge in [0.25, 0.3) is 0 Å². The van der Waals surface area contributed by atoms with Crippen LogP contribution in [-0.4, -0.2) is 62.0 Å². The van der Waals surface area contributed by atoms with Crippen LogP contribution in [0.1, 0.15) is 13.3 Å². The van der Waals surface area contributed by atoms with Crippen LogP contribution in [0, 0.1) is 0 Å². The van der Waals surface area contributed by atoms with Crippen molar-refractivity contribution in [3.8, 4) is 0 Å². The van der Waals surface area contributed by atoms with Gasteiger partial charge in [0, 0.05) is 32.1 Å². The molecule has 0 unspecified atom stereocenters. The maximum Gasteiger partial charge on any atom is 0.214 e. The van der Waals surface area contributed by atoms with Gasteiger partial charge >= 0.3 is 0 Å². The van der Waals surface area contributed by atoms with Gasteiger partial charge in [-0.15, -0.1) is 11.6 Å². The molecule has 1 aliphatic rings. The molecule has 0 aromatic heterocycles. The molecule has 0 atom stereocenters. The van der Waals surface area contributed by atoms with E-state index in [0.717, 1.165) is 19.6 Å². The van der Waals surface area contributed by atoms with E-state index in [2.05, 4.69) is 11.8 Å². The highest BCUT2D eigenvalue weighted by atomic mass is 35.5. The molecule has 0 bridgehead atoms. The Kier molecular flexibility index (Phi) is 5.32. The molecule has 0 radical (unpaired) electrons. The highest BCUT2D eigenvalue weighted by Gasteiger charge is 2.25. The largest absolute Gasteiger partial charge is 0.301 e. The summed E-state index contributed by atoms with van der Waals surface area (Å²) in [5, 5.41) is 0. The Morgan fingerprint density at radius 2 is 1.80 bits per heavy atom. The van der Waals surface area contributed by atoms with Crippen molar-refractivity contribution in [1.82, 2.24) is 9.21 Å². The number of rotatable bonds is 5. The van der Waals surface area contributed by atoms with Crippen molar-refractivity contribution < 1.29 is 8.42 Å². The standard InChI is InChI=1S/C9H19ClN2O2S/c1-2-11-5-7-12(8-6-11)15(13,14)9-3-4-10/h2-9H2,1H3. The van der Waals surface area contributed by atoms with Gasteiger partial charge in [-0.05, 0) is 13.0 Å². The fourth-order valence-electron chi connectivity index (χ4n) is 1.69. The van der Waals surface area contributed by atoms with Gasteiger partial charge in [0.1, 0.15) is 0 Å². The first-order valence-corrected chi connectivity index (χ1v) is 7.50. The molecule has 0 aromatic carbocycles. The van der Waals surface area contributed by atoms with E-state index in [1.54, 1.807) is 4.31 Å². The first-order valence-electron chi connectivity index (χ1n) is 5.36. The molecule has 0 N–H and O–H groups in total. The van der Waals surface area contributed by atoms with Crippen molar-refractivity contribution in [1.29, 1.82) is 0 Å². The lowest BCUT2D eigenvalue weighted by Gasteiger charge is -2.33. The van der Waals surface area contributed by atoms with E-state index >= 15 is 0 Å². The summed E-state index contributed by atoms with van der Waals surface area (Å²) in [5.41, 5.74) is 0. The maximum absolute atomic E-state index is 11.8. The Bertz CT molecular complexity index is 274. The van der Waals surface area contributed by atoms with E-state index in [-0.39, 0.29) is 5.75 Å². The van der Waals surface area contributed by atoms with E-state index in [1.165, 1.54) is 0 Å². The summed E-state index contributed by atoms with van der Waals surface area (Å²) in [7, 11) is -3.05. The third-order valence-electron chi connectivity index (χ3n) is 2.71. The summed E-state index contributed by atoms with van der Waals surface area (Å²) < 4.78 is 25.2. The molecule has 6 heteroatoms. The van der Waals surface area contributed by atoms with E-state index in [9.17, 15) is 8.42 Å². The molecule has 0 saturated carbocycles. The Labute approximate surface area is 97.2 Å². The monoisotopic (exact) mass is 254 g/mol. The third-order valence-corrected chi connectivity index (χ3v) is 4.93. The molecule has 0 aliphatic carbocycles. The van der Waals surface area contributed by atoms with Crippen LogP contribution in [0.4, 0.5) is 0 Å². The number of nitrogens with zero attached hydrogens (tertiary/aromatic N) is 2. The summed E-state index contributed by atoms with van der Waals surface area (Å²) in [6.07, 6.45) is 0.540. The molecule has 0 aromatic rings. The second-order valence-electron chi connectivity index (χ2n) is 3.69. The predicted molar refractivity (Wildman–Crippen MR) is 62.8 cm³/mol. The zero-order valence-electron chi connectivity index (χ0n) is 9.15. The molecule has 1 aliphatic heterocycles. The lowest BCUT2D eigenvalue weighted by atomic mass is 10.4. The molecular formula is C9H19ClN2O2S. The molecule has 1 heterocycles. The summed E-state index contributed by atoms with van der Waals surface area (Å²) in [6.45, 7) is 6.03. The summed E-state index contributed by atoms with van der Waals surface area (Å²) in [4.78, 5) is 2.26. The van der Waals surface area contributed by atoms with Gasteiger partial charge in [0.15, 0.2) is 0 Å². The fourth-order valence-corrected chi connectivity index (χ4v) is 3.47. The Morgan fingerprint density at radius 3 is 2.27 bits per heavy atom. The number of sulfonamides is 1. The predicted octanol–water partition coefficient (Wildman–Crippen LogP) is 0.583. The molecule has 1 rings (SSSR count). The van der Waals surface area contributed by atoms with Crippen LogP contribution in [-0.2, 0) is 10.0 Å². The van der Waals surface area contributed by atoms with Gasteiger partial charge in [-0.2, -0.15) is 4.31 Å². The third kappa shape index (κ3) is 3.90. The zero-order chi connectivity index (χ0) is 11.3. The Morgan fingerprint density at radius 1 is 1.20 bits per heavy atom. The smallest absolute Gasteiger partial charge is 0.214 e. The summed E-state index contributed by atoms with van der Waals surface area (Å²) in [6, 6.07) is 0. The molecule has 1 saturated heterocycles. The number of likely N-dealkylation sites (N-methyl/N-ethyl adjacent to an activating group) is 1. The van der Waals surface area contributed by atoms with Crippen LogP contribution in [0.3, 0.4) is 0 Å². The lowest BCUT2D eigenvalue weighted by molar-refractivity contribution is 0.196. The van der Waals surface area contributed by atoms with Gasteiger partial charge in [0.05, 0.1) is 5.75 Å². The highest BCUT2D eigenvalue weighted by Crippen LogP contribution is 2.09. The van der Waals surface area contributed by atoms with Gasteiger partial charge in [-0.1, -0.05) is 6.92 Å². The molecule has 90 valence electrons. The first-order chi connectivity index (χ1) is 7.10. The van der Waals surface area contributed by atoms with Crippen molar-refractivity contribution in [2.45, 2.75) is 13.3 Å². The number of hydrogen-bond donors (Lipinski definition) is 0. The van der Waals surface area contributed by atoms with Crippen LogP contribution in [0.2, 0.25) is 0 Å².